The number of hydrogen-bond acceptors (Lipinski definition) is 5. The Labute approximate surface area is 127 Å². The molecule has 1 aromatic heterocycles. The zero-order valence-electron chi connectivity index (χ0n) is 12.1. The highest BCUT2D eigenvalue weighted by molar-refractivity contribution is 5.57. The third-order valence-corrected chi connectivity index (χ3v) is 3.36. The third kappa shape index (κ3) is 3.62. The van der Waals surface area contributed by atoms with Gasteiger partial charge in [0.05, 0.1) is 6.33 Å². The Kier molecular flexibility index (Phi) is 4.34. The van der Waals surface area contributed by atoms with E-state index >= 15 is 0 Å². The minimum atomic E-state index is 0.142. The lowest BCUT2D eigenvalue weighted by Gasteiger charge is -2.07. The van der Waals surface area contributed by atoms with E-state index in [-0.39, 0.29) is 13.2 Å². The van der Waals surface area contributed by atoms with E-state index in [0.717, 1.165) is 5.56 Å². The summed E-state index contributed by atoms with van der Waals surface area (Å²) in [5.41, 5.74) is 6.69. The molecule has 116 valence electrons. The molecule has 0 saturated heterocycles. The molecule has 0 radical (unpaired) electrons. The van der Waals surface area contributed by atoms with E-state index < -0.39 is 0 Å². The molecule has 0 amide bonds. The summed E-state index contributed by atoms with van der Waals surface area (Å²) < 4.78 is 17.9. The second kappa shape index (κ2) is 6.57. The molecule has 1 fully saturated rings. The maximum Gasteiger partial charge on any atom is 0.242 e. The number of anilines is 1. The summed E-state index contributed by atoms with van der Waals surface area (Å²) in [6, 6.07) is 7.87. The van der Waals surface area contributed by atoms with Crippen LogP contribution in [0.4, 0.5) is 10.3 Å². The van der Waals surface area contributed by atoms with Crippen molar-refractivity contribution in [2.75, 3.05) is 18.5 Å². The van der Waals surface area contributed by atoms with Crippen LogP contribution in [0.25, 0.3) is 11.4 Å². The van der Waals surface area contributed by atoms with Crippen LogP contribution >= 0.6 is 0 Å². The van der Waals surface area contributed by atoms with Gasteiger partial charge in [-0.3, -0.25) is 5.10 Å². The van der Waals surface area contributed by atoms with Crippen LogP contribution in [0.3, 0.4) is 0 Å². The number of H-pyrrole nitrogens is 1. The lowest BCUT2D eigenvalue weighted by molar-refractivity contribution is 0.347. The number of rotatable bonds is 7. The normalized spacial score (nSPS) is 14.9. The smallest absolute Gasteiger partial charge is 0.242 e. The Morgan fingerprint density at radius 3 is 2.82 bits per heavy atom. The predicted molar refractivity (Wildman–Crippen MR) is 82.2 cm³/mol. The number of benzene rings is 1. The van der Waals surface area contributed by atoms with Crippen molar-refractivity contribution >= 4 is 5.95 Å². The van der Waals surface area contributed by atoms with Crippen molar-refractivity contribution in [3.05, 3.63) is 36.2 Å². The summed E-state index contributed by atoms with van der Waals surface area (Å²) >= 11 is 0. The fourth-order valence-electron chi connectivity index (χ4n) is 1.89. The maximum absolute atomic E-state index is 12.4. The molecule has 0 unspecified atom stereocenters. The van der Waals surface area contributed by atoms with Crippen LogP contribution in [0.2, 0.25) is 0 Å². The van der Waals surface area contributed by atoms with Crippen molar-refractivity contribution in [1.82, 2.24) is 15.2 Å². The van der Waals surface area contributed by atoms with Crippen LogP contribution in [-0.2, 0) is 0 Å². The van der Waals surface area contributed by atoms with Gasteiger partial charge < -0.3 is 15.8 Å². The van der Waals surface area contributed by atoms with Crippen LogP contribution in [0, 0.1) is 0 Å². The zero-order valence-corrected chi connectivity index (χ0v) is 12.1. The van der Waals surface area contributed by atoms with Gasteiger partial charge in [0.15, 0.2) is 5.82 Å². The largest absolute Gasteiger partial charge is 0.489 e. The molecule has 0 bridgehead atoms. The lowest BCUT2D eigenvalue weighted by atomic mass is 10.2. The van der Waals surface area contributed by atoms with Gasteiger partial charge in [0.25, 0.3) is 0 Å². The number of nitrogens with one attached hydrogen (secondary N) is 2. The second-order valence-corrected chi connectivity index (χ2v) is 5.21. The number of nitrogens with zero attached hydrogens (tertiary/aromatic N) is 2. The molecule has 7 heteroatoms. The highest BCUT2D eigenvalue weighted by Gasteiger charge is 2.22. The minimum absolute atomic E-state index is 0.142. The average Bonchev–Trinajstić information content (AvgIpc) is 3.24. The first-order chi connectivity index (χ1) is 10.8. The SMILES string of the molecule is NC/C(=C/F)COc1ccc(-c2nc(NC3CC3)n[nH]2)cc1. The molecule has 1 heterocycles. The quantitative estimate of drug-likeness (QED) is 0.730. The van der Waals surface area contributed by atoms with Crippen molar-refractivity contribution in [3.8, 4) is 17.1 Å². The van der Waals surface area contributed by atoms with Crippen molar-refractivity contribution in [3.63, 3.8) is 0 Å². The monoisotopic (exact) mass is 303 g/mol. The van der Waals surface area contributed by atoms with Crippen molar-refractivity contribution in [2.45, 2.75) is 18.9 Å². The van der Waals surface area contributed by atoms with Crippen LogP contribution in [0.5, 0.6) is 5.75 Å². The number of aromatic amines is 1. The molecule has 1 aliphatic rings. The van der Waals surface area contributed by atoms with Crippen molar-refractivity contribution < 1.29 is 9.13 Å². The van der Waals surface area contributed by atoms with E-state index in [2.05, 4.69) is 20.5 Å². The summed E-state index contributed by atoms with van der Waals surface area (Å²) in [6.45, 7) is 0.285. The number of nitrogens with two attached hydrogens (primary N) is 1. The Morgan fingerprint density at radius 2 is 2.18 bits per heavy atom. The summed E-state index contributed by atoms with van der Waals surface area (Å²) in [4.78, 5) is 4.40. The average molecular weight is 303 g/mol. The molecule has 1 aromatic carbocycles. The molecule has 3 rings (SSSR count). The topological polar surface area (TPSA) is 88.8 Å². The summed E-state index contributed by atoms with van der Waals surface area (Å²) in [5, 5.41) is 10.3. The Morgan fingerprint density at radius 1 is 1.41 bits per heavy atom. The van der Waals surface area contributed by atoms with Gasteiger partial charge in [-0.05, 0) is 37.1 Å². The highest BCUT2D eigenvalue weighted by Crippen LogP contribution is 2.24. The number of ether oxygens (including phenoxy) is 1. The van der Waals surface area contributed by atoms with E-state index in [9.17, 15) is 4.39 Å². The van der Waals surface area contributed by atoms with Gasteiger partial charge >= 0.3 is 0 Å². The van der Waals surface area contributed by atoms with Gasteiger partial charge in [-0.2, -0.15) is 4.98 Å². The molecule has 4 N–H and O–H groups in total. The van der Waals surface area contributed by atoms with Crippen LogP contribution in [0.1, 0.15) is 12.8 Å². The van der Waals surface area contributed by atoms with Gasteiger partial charge in [-0.25, -0.2) is 4.39 Å². The van der Waals surface area contributed by atoms with E-state index in [1.165, 1.54) is 12.8 Å². The molecule has 1 aliphatic carbocycles. The Bertz CT molecular complexity index is 648. The molecule has 0 atom stereocenters. The summed E-state index contributed by atoms with van der Waals surface area (Å²) in [7, 11) is 0. The molecule has 6 nitrogen and oxygen atoms in total. The van der Waals surface area contributed by atoms with Gasteiger partial charge in [-0.1, -0.05) is 0 Å². The van der Waals surface area contributed by atoms with Crippen LogP contribution in [0.15, 0.2) is 36.2 Å². The van der Waals surface area contributed by atoms with Gasteiger partial charge in [0.2, 0.25) is 5.95 Å². The van der Waals surface area contributed by atoms with Crippen molar-refractivity contribution in [2.24, 2.45) is 5.73 Å². The molecule has 2 aromatic rings. The fourth-order valence-corrected chi connectivity index (χ4v) is 1.89. The van der Waals surface area contributed by atoms with Gasteiger partial charge in [0, 0.05) is 23.7 Å². The molecule has 0 spiro atoms. The predicted octanol–water partition coefficient (Wildman–Crippen LogP) is 2.24. The number of aromatic nitrogens is 3. The van der Waals surface area contributed by atoms with Crippen LogP contribution in [-0.4, -0.2) is 34.4 Å². The number of hydrogen-bond donors (Lipinski definition) is 3. The lowest BCUT2D eigenvalue weighted by Crippen LogP contribution is -2.10. The third-order valence-electron chi connectivity index (χ3n) is 3.36. The molecular formula is C15H18FN5O. The van der Waals surface area contributed by atoms with E-state index in [4.69, 9.17) is 10.5 Å². The highest BCUT2D eigenvalue weighted by atomic mass is 19.1. The Hall–Kier alpha value is -2.41. The van der Waals surface area contributed by atoms with Crippen LogP contribution < -0.4 is 15.8 Å². The zero-order chi connectivity index (χ0) is 15.4. The van der Waals surface area contributed by atoms with E-state index in [0.29, 0.717) is 35.5 Å². The maximum atomic E-state index is 12.4. The standard InChI is InChI=1S/C15H18FN5O/c16-7-10(8-17)9-22-13-5-1-11(2-6-13)14-19-15(21-20-14)18-12-3-4-12/h1-2,5-7,12H,3-4,8-9,17H2,(H2,18,19,20,21)/b10-7-. The van der Waals surface area contributed by atoms with Crippen molar-refractivity contribution in [1.29, 1.82) is 0 Å². The Balaban J connectivity index is 1.61. The van der Waals surface area contributed by atoms with E-state index in [1.807, 2.05) is 12.1 Å². The van der Waals surface area contributed by atoms with E-state index in [1.54, 1.807) is 12.1 Å². The first-order valence-corrected chi connectivity index (χ1v) is 7.19. The molecule has 22 heavy (non-hydrogen) atoms. The minimum Gasteiger partial charge on any atom is -0.489 e. The fraction of sp³-hybridized carbons (Fsp3) is 0.333. The second-order valence-electron chi connectivity index (χ2n) is 5.21. The molecular weight excluding hydrogens is 285 g/mol. The molecule has 0 aliphatic heterocycles. The van der Waals surface area contributed by atoms with Gasteiger partial charge in [-0.15, -0.1) is 5.10 Å². The summed E-state index contributed by atoms with van der Waals surface area (Å²) in [6.07, 6.45) is 2.83. The van der Waals surface area contributed by atoms with Gasteiger partial charge in [0.1, 0.15) is 12.4 Å². The molecule has 1 saturated carbocycles. The first kappa shape index (κ1) is 14.5. The number of halogens is 1. The summed E-state index contributed by atoms with van der Waals surface area (Å²) in [5.74, 6) is 1.96. The first-order valence-electron chi connectivity index (χ1n) is 7.19.